The van der Waals surface area contributed by atoms with Crippen LogP contribution in [0.2, 0.25) is 0 Å². The second kappa shape index (κ2) is 8.72. The number of nitrogens with two attached hydrogens (primary N) is 1. The molecule has 2 N–H and O–H groups in total. The van der Waals surface area contributed by atoms with Gasteiger partial charge in [0.25, 0.3) is 0 Å². The van der Waals surface area contributed by atoms with E-state index in [1.807, 2.05) is 23.2 Å². The molecule has 0 amide bonds. The van der Waals surface area contributed by atoms with E-state index in [4.69, 9.17) is 10.6 Å². The predicted molar refractivity (Wildman–Crippen MR) is 74.5 cm³/mol. The topological polar surface area (TPSA) is 38.5 Å². The number of piperidine rings is 1. The fourth-order valence-corrected chi connectivity index (χ4v) is 1.89. The van der Waals surface area contributed by atoms with Gasteiger partial charge in [0.15, 0.2) is 0 Å². The molecule has 1 heterocycles. The fourth-order valence-electron chi connectivity index (χ4n) is 1.89. The van der Waals surface area contributed by atoms with Gasteiger partial charge in [0.05, 0.1) is 12.7 Å². The molecule has 1 saturated heterocycles. The summed E-state index contributed by atoms with van der Waals surface area (Å²) in [6.45, 7) is 2.54. The molecule has 0 aliphatic carbocycles. The zero-order chi connectivity index (χ0) is 10.5. The summed E-state index contributed by atoms with van der Waals surface area (Å²) in [6.07, 6.45) is 2.56. The molecule has 1 fully saturated rings. The quantitative estimate of drug-likeness (QED) is 0.863. The molecule has 0 aromatic heterocycles. The van der Waals surface area contributed by atoms with Crippen molar-refractivity contribution in [3.8, 4) is 0 Å². The summed E-state index contributed by atoms with van der Waals surface area (Å²) in [6, 6.07) is 10.3. The lowest BCUT2D eigenvalue weighted by atomic mass is 10.1. The van der Waals surface area contributed by atoms with Crippen molar-refractivity contribution in [1.82, 2.24) is 5.01 Å². The average Bonchev–Trinajstić information content (AvgIpc) is 2.28. The number of rotatable bonds is 3. The van der Waals surface area contributed by atoms with Crippen LogP contribution in [-0.4, -0.2) is 24.2 Å². The Morgan fingerprint density at radius 3 is 2.59 bits per heavy atom. The summed E-state index contributed by atoms with van der Waals surface area (Å²) in [5, 5.41) is 1.85. The van der Waals surface area contributed by atoms with Gasteiger partial charge >= 0.3 is 0 Å². The summed E-state index contributed by atoms with van der Waals surface area (Å²) in [7, 11) is 0. The molecule has 1 aliphatic rings. The summed E-state index contributed by atoms with van der Waals surface area (Å²) < 4.78 is 5.82. The molecule has 5 heteroatoms. The molecule has 3 nitrogen and oxygen atoms in total. The lowest BCUT2D eigenvalue weighted by molar-refractivity contribution is -0.0102. The van der Waals surface area contributed by atoms with Crippen LogP contribution in [0.4, 0.5) is 0 Å². The van der Waals surface area contributed by atoms with Gasteiger partial charge in [-0.3, -0.25) is 5.84 Å². The average molecular weight is 279 g/mol. The Bertz CT molecular complexity index is 298. The van der Waals surface area contributed by atoms with Gasteiger partial charge in [-0.25, -0.2) is 5.01 Å². The Kier molecular flexibility index (Phi) is 8.56. The van der Waals surface area contributed by atoms with E-state index in [0.717, 1.165) is 25.9 Å². The molecule has 0 radical (unpaired) electrons. The standard InChI is InChI=1S/C12H18N2O.2ClH/c13-14-8-4-7-12(9-14)15-10-11-5-2-1-3-6-11;;/h1-3,5-6,12H,4,7-10,13H2;2*1H. The maximum atomic E-state index is 5.82. The van der Waals surface area contributed by atoms with Crippen LogP contribution < -0.4 is 5.84 Å². The van der Waals surface area contributed by atoms with Crippen LogP contribution in [0.25, 0.3) is 0 Å². The fraction of sp³-hybridized carbons (Fsp3) is 0.500. The highest BCUT2D eigenvalue weighted by Crippen LogP contribution is 2.12. The summed E-state index contributed by atoms with van der Waals surface area (Å²) >= 11 is 0. The van der Waals surface area contributed by atoms with E-state index in [2.05, 4.69) is 12.1 Å². The molecule has 1 aliphatic heterocycles. The molecule has 1 aromatic carbocycles. The first-order valence-electron chi connectivity index (χ1n) is 5.50. The number of hydrogen-bond acceptors (Lipinski definition) is 3. The highest BCUT2D eigenvalue weighted by atomic mass is 35.5. The van der Waals surface area contributed by atoms with E-state index >= 15 is 0 Å². The smallest absolute Gasteiger partial charge is 0.0721 e. The number of nitrogens with zero attached hydrogens (tertiary/aromatic N) is 1. The Labute approximate surface area is 115 Å². The first kappa shape index (κ1) is 16.7. The Hall–Kier alpha value is -0.320. The third-order valence-electron chi connectivity index (χ3n) is 2.74. The Morgan fingerprint density at radius 1 is 1.24 bits per heavy atom. The zero-order valence-corrected chi connectivity index (χ0v) is 11.4. The van der Waals surface area contributed by atoms with Crippen LogP contribution >= 0.6 is 24.8 Å². The third-order valence-corrected chi connectivity index (χ3v) is 2.74. The van der Waals surface area contributed by atoms with Crippen LogP contribution in [0.5, 0.6) is 0 Å². The van der Waals surface area contributed by atoms with Gasteiger partial charge in [-0.05, 0) is 18.4 Å². The van der Waals surface area contributed by atoms with Crippen molar-refractivity contribution in [2.45, 2.75) is 25.6 Å². The second-order valence-corrected chi connectivity index (χ2v) is 4.06. The number of ether oxygens (including phenoxy) is 1. The van der Waals surface area contributed by atoms with Gasteiger partial charge in [0.2, 0.25) is 0 Å². The van der Waals surface area contributed by atoms with Gasteiger partial charge in [0, 0.05) is 13.1 Å². The van der Waals surface area contributed by atoms with Crippen LogP contribution in [0, 0.1) is 0 Å². The molecule has 0 bridgehead atoms. The summed E-state index contributed by atoms with van der Waals surface area (Å²) in [5.41, 5.74) is 1.23. The molecule has 2 rings (SSSR count). The summed E-state index contributed by atoms with van der Waals surface area (Å²) in [5.74, 6) is 5.75. The Balaban J connectivity index is 0.00000128. The lowest BCUT2D eigenvalue weighted by Crippen LogP contribution is -2.43. The predicted octanol–water partition coefficient (Wildman–Crippen LogP) is 2.38. The van der Waals surface area contributed by atoms with Crippen LogP contribution in [0.3, 0.4) is 0 Å². The van der Waals surface area contributed by atoms with Crippen molar-refractivity contribution < 1.29 is 4.74 Å². The Morgan fingerprint density at radius 2 is 1.94 bits per heavy atom. The maximum absolute atomic E-state index is 5.82. The van der Waals surface area contributed by atoms with Gasteiger partial charge in [0.1, 0.15) is 0 Å². The van der Waals surface area contributed by atoms with Crippen LogP contribution in [0.15, 0.2) is 30.3 Å². The van der Waals surface area contributed by atoms with Crippen molar-refractivity contribution in [2.24, 2.45) is 5.84 Å². The van der Waals surface area contributed by atoms with Crippen molar-refractivity contribution in [3.63, 3.8) is 0 Å². The van der Waals surface area contributed by atoms with Crippen molar-refractivity contribution in [2.75, 3.05) is 13.1 Å². The highest BCUT2D eigenvalue weighted by Gasteiger charge is 2.17. The van der Waals surface area contributed by atoms with Crippen LogP contribution in [0.1, 0.15) is 18.4 Å². The van der Waals surface area contributed by atoms with E-state index in [-0.39, 0.29) is 24.8 Å². The van der Waals surface area contributed by atoms with E-state index in [1.165, 1.54) is 5.56 Å². The first-order valence-corrected chi connectivity index (χ1v) is 5.50. The number of halogens is 2. The highest BCUT2D eigenvalue weighted by molar-refractivity contribution is 5.85. The van der Waals surface area contributed by atoms with E-state index in [1.54, 1.807) is 0 Å². The van der Waals surface area contributed by atoms with Crippen molar-refractivity contribution >= 4 is 24.8 Å². The van der Waals surface area contributed by atoms with E-state index in [9.17, 15) is 0 Å². The van der Waals surface area contributed by atoms with Gasteiger partial charge in [-0.2, -0.15) is 0 Å². The monoisotopic (exact) mass is 278 g/mol. The van der Waals surface area contributed by atoms with Gasteiger partial charge in [-0.15, -0.1) is 24.8 Å². The lowest BCUT2D eigenvalue weighted by Gasteiger charge is -2.29. The zero-order valence-electron chi connectivity index (χ0n) is 9.75. The molecule has 0 saturated carbocycles. The molecule has 1 unspecified atom stereocenters. The second-order valence-electron chi connectivity index (χ2n) is 4.06. The normalized spacial score (nSPS) is 20.2. The molecule has 98 valence electrons. The number of benzene rings is 1. The largest absolute Gasteiger partial charge is 0.372 e. The number of hydrogen-bond donors (Lipinski definition) is 1. The van der Waals surface area contributed by atoms with E-state index in [0.29, 0.717) is 12.7 Å². The third kappa shape index (κ3) is 5.70. The molecular weight excluding hydrogens is 259 g/mol. The molecule has 17 heavy (non-hydrogen) atoms. The maximum Gasteiger partial charge on any atom is 0.0721 e. The molecule has 0 spiro atoms. The minimum absolute atomic E-state index is 0. The minimum atomic E-state index is 0. The van der Waals surface area contributed by atoms with E-state index < -0.39 is 0 Å². The van der Waals surface area contributed by atoms with Gasteiger partial charge < -0.3 is 4.74 Å². The SMILES string of the molecule is Cl.Cl.NN1CCCC(OCc2ccccc2)C1. The summed E-state index contributed by atoms with van der Waals surface area (Å²) in [4.78, 5) is 0. The minimum Gasteiger partial charge on any atom is -0.372 e. The van der Waals surface area contributed by atoms with Crippen molar-refractivity contribution in [1.29, 1.82) is 0 Å². The van der Waals surface area contributed by atoms with Gasteiger partial charge in [-0.1, -0.05) is 30.3 Å². The first-order chi connectivity index (χ1) is 7.34. The van der Waals surface area contributed by atoms with Crippen molar-refractivity contribution in [3.05, 3.63) is 35.9 Å². The van der Waals surface area contributed by atoms with Crippen LogP contribution in [-0.2, 0) is 11.3 Å². The molecule has 1 atom stereocenters. The number of hydrazine groups is 1. The molecule has 1 aromatic rings. The molecular formula is C12H20Cl2N2O.